The molecule has 4 nitrogen and oxygen atoms in total. The standard InChI is InChI=1S/C19H21N3O.ClH/c1-20-15-5-3-2-4-14(15)18-16(20)8-11-22(19(18)23)17-12-21-9-6-13(17)7-10-21;/h2-5,8,11,13,17H,6-7,9-10,12H2,1H3;1H/t17-;/m1./s1. The van der Waals surface area contributed by atoms with Crippen LogP contribution in [0.25, 0.3) is 21.8 Å². The number of rotatable bonds is 1. The van der Waals surface area contributed by atoms with Crippen LogP contribution in [0.2, 0.25) is 0 Å². The van der Waals surface area contributed by atoms with Crippen molar-refractivity contribution in [2.75, 3.05) is 19.6 Å². The number of aromatic nitrogens is 2. The molecular formula is C19H22ClN3O. The molecular weight excluding hydrogens is 322 g/mol. The Balaban J connectivity index is 0.00000146. The smallest absolute Gasteiger partial charge is 0.260 e. The fourth-order valence-corrected chi connectivity index (χ4v) is 4.69. The summed E-state index contributed by atoms with van der Waals surface area (Å²) in [4.78, 5) is 15.8. The third-order valence-electron chi connectivity index (χ3n) is 5.97. The van der Waals surface area contributed by atoms with Crippen molar-refractivity contribution in [1.82, 2.24) is 14.0 Å². The molecule has 5 heterocycles. The second-order valence-corrected chi connectivity index (χ2v) is 7.07. The summed E-state index contributed by atoms with van der Waals surface area (Å²) >= 11 is 0. The average Bonchev–Trinajstić information content (AvgIpc) is 2.90. The van der Waals surface area contributed by atoms with Crippen molar-refractivity contribution in [1.29, 1.82) is 0 Å². The van der Waals surface area contributed by atoms with Gasteiger partial charge in [-0.05, 0) is 44.0 Å². The summed E-state index contributed by atoms with van der Waals surface area (Å²) in [5.74, 6) is 0.658. The first-order valence-electron chi connectivity index (χ1n) is 8.54. The van der Waals surface area contributed by atoms with Gasteiger partial charge in [-0.2, -0.15) is 0 Å². The summed E-state index contributed by atoms with van der Waals surface area (Å²) < 4.78 is 4.15. The highest BCUT2D eigenvalue weighted by molar-refractivity contribution is 6.07. The molecule has 1 aromatic carbocycles. The van der Waals surface area contributed by atoms with Crippen LogP contribution in [0.3, 0.4) is 0 Å². The van der Waals surface area contributed by atoms with E-state index in [0.29, 0.717) is 12.0 Å². The molecule has 126 valence electrons. The molecule has 3 saturated heterocycles. The van der Waals surface area contributed by atoms with Crippen molar-refractivity contribution in [3.8, 4) is 0 Å². The van der Waals surface area contributed by atoms with Gasteiger partial charge in [0.2, 0.25) is 0 Å². The van der Waals surface area contributed by atoms with Crippen molar-refractivity contribution < 1.29 is 0 Å². The Hall–Kier alpha value is -1.78. The number of halogens is 1. The van der Waals surface area contributed by atoms with Gasteiger partial charge < -0.3 is 14.0 Å². The number of benzene rings is 1. The molecule has 2 aromatic heterocycles. The summed E-state index contributed by atoms with van der Waals surface area (Å²) in [5.41, 5.74) is 2.35. The Morgan fingerprint density at radius 1 is 1.04 bits per heavy atom. The second kappa shape index (κ2) is 5.64. The molecule has 0 aliphatic carbocycles. The van der Waals surface area contributed by atoms with Crippen LogP contribution in [0.15, 0.2) is 41.3 Å². The molecule has 0 saturated carbocycles. The Morgan fingerprint density at radius 2 is 1.79 bits per heavy atom. The van der Waals surface area contributed by atoms with Crippen molar-refractivity contribution in [2.24, 2.45) is 13.0 Å². The van der Waals surface area contributed by atoms with Gasteiger partial charge in [0.05, 0.1) is 16.9 Å². The quantitative estimate of drug-likeness (QED) is 0.679. The number of hydrogen-bond acceptors (Lipinski definition) is 2. The minimum absolute atomic E-state index is 0. The van der Waals surface area contributed by atoms with Gasteiger partial charge in [0, 0.05) is 30.7 Å². The van der Waals surface area contributed by atoms with Gasteiger partial charge in [-0.1, -0.05) is 18.2 Å². The summed E-state index contributed by atoms with van der Waals surface area (Å²) in [7, 11) is 2.04. The van der Waals surface area contributed by atoms with Gasteiger partial charge >= 0.3 is 0 Å². The zero-order chi connectivity index (χ0) is 15.6. The topological polar surface area (TPSA) is 30.2 Å². The predicted octanol–water partition coefficient (Wildman–Crippen LogP) is 3.18. The molecule has 1 atom stereocenters. The van der Waals surface area contributed by atoms with Crippen LogP contribution in [0.4, 0.5) is 0 Å². The molecule has 0 N–H and O–H groups in total. The van der Waals surface area contributed by atoms with Gasteiger partial charge in [0.1, 0.15) is 0 Å². The minimum Gasteiger partial charge on any atom is -0.343 e. The van der Waals surface area contributed by atoms with Crippen LogP contribution >= 0.6 is 12.4 Å². The van der Waals surface area contributed by atoms with Crippen molar-refractivity contribution in [3.63, 3.8) is 0 Å². The second-order valence-electron chi connectivity index (χ2n) is 7.07. The molecule has 24 heavy (non-hydrogen) atoms. The lowest BCUT2D eigenvalue weighted by atomic mass is 9.84. The Bertz CT molecular complexity index is 966. The average molecular weight is 344 g/mol. The fraction of sp³-hybridized carbons (Fsp3) is 0.421. The third kappa shape index (κ3) is 2.06. The molecule has 0 amide bonds. The Kier molecular flexibility index (Phi) is 3.70. The fourth-order valence-electron chi connectivity index (χ4n) is 4.69. The highest BCUT2D eigenvalue weighted by atomic mass is 35.5. The minimum atomic E-state index is 0. The van der Waals surface area contributed by atoms with E-state index < -0.39 is 0 Å². The first kappa shape index (κ1) is 15.7. The number of pyridine rings is 1. The molecule has 3 aliphatic heterocycles. The maximum Gasteiger partial charge on any atom is 0.260 e. The van der Waals surface area contributed by atoms with Gasteiger partial charge in [-0.3, -0.25) is 4.79 Å². The summed E-state index contributed by atoms with van der Waals surface area (Å²) in [6, 6.07) is 10.7. The number of aryl methyl sites for hydroxylation is 1. The number of nitrogens with zero attached hydrogens (tertiary/aromatic N) is 3. The van der Waals surface area contributed by atoms with Crippen molar-refractivity contribution >= 4 is 34.2 Å². The molecule has 3 aromatic rings. The van der Waals surface area contributed by atoms with Crippen molar-refractivity contribution in [3.05, 3.63) is 46.9 Å². The van der Waals surface area contributed by atoms with Crippen LogP contribution in [0.1, 0.15) is 18.9 Å². The SMILES string of the molecule is Cl.Cn1c2ccccc2c2c(=O)n([C@@H]3CN4CCC3CC4)ccc21. The van der Waals surface area contributed by atoms with Crippen LogP contribution in [-0.2, 0) is 7.05 Å². The van der Waals surface area contributed by atoms with Crippen LogP contribution in [0, 0.1) is 5.92 Å². The summed E-state index contributed by atoms with van der Waals surface area (Å²) in [6.45, 7) is 3.43. The number of fused-ring (bicyclic) bond motifs is 6. The van der Waals surface area contributed by atoms with Crippen LogP contribution in [0.5, 0.6) is 0 Å². The van der Waals surface area contributed by atoms with Gasteiger partial charge in [-0.15, -0.1) is 12.4 Å². The molecule has 0 spiro atoms. The molecule has 6 rings (SSSR count). The summed E-state index contributed by atoms with van der Waals surface area (Å²) in [6.07, 6.45) is 4.48. The normalized spacial score (nSPS) is 26.0. The first-order valence-corrected chi connectivity index (χ1v) is 8.54. The molecule has 5 heteroatoms. The number of piperidine rings is 3. The number of hydrogen-bond donors (Lipinski definition) is 0. The number of para-hydroxylation sites is 1. The molecule has 3 fully saturated rings. The Labute approximate surface area is 147 Å². The highest BCUT2D eigenvalue weighted by Gasteiger charge is 2.35. The van der Waals surface area contributed by atoms with Gasteiger partial charge in [-0.25, -0.2) is 0 Å². The maximum absolute atomic E-state index is 13.3. The van der Waals surface area contributed by atoms with Crippen molar-refractivity contribution in [2.45, 2.75) is 18.9 Å². The highest BCUT2D eigenvalue weighted by Crippen LogP contribution is 2.35. The lowest BCUT2D eigenvalue weighted by Crippen LogP contribution is -2.49. The van der Waals surface area contributed by atoms with E-state index in [-0.39, 0.29) is 18.0 Å². The van der Waals surface area contributed by atoms with E-state index in [9.17, 15) is 4.79 Å². The van der Waals surface area contributed by atoms with Gasteiger partial charge in [0.15, 0.2) is 0 Å². The summed E-state index contributed by atoms with van der Waals surface area (Å²) in [5, 5.41) is 1.95. The monoisotopic (exact) mass is 343 g/mol. The zero-order valence-corrected chi connectivity index (χ0v) is 14.6. The lowest BCUT2D eigenvalue weighted by molar-refractivity contribution is 0.0556. The van der Waals surface area contributed by atoms with E-state index in [0.717, 1.165) is 28.4 Å². The molecule has 0 radical (unpaired) electrons. The zero-order valence-electron chi connectivity index (χ0n) is 13.8. The van der Waals surface area contributed by atoms with E-state index in [2.05, 4.69) is 27.7 Å². The molecule has 2 bridgehead atoms. The van der Waals surface area contributed by atoms with E-state index >= 15 is 0 Å². The Morgan fingerprint density at radius 3 is 2.50 bits per heavy atom. The first-order chi connectivity index (χ1) is 11.2. The maximum atomic E-state index is 13.3. The predicted molar refractivity (Wildman–Crippen MR) is 100 cm³/mol. The van der Waals surface area contributed by atoms with E-state index in [1.165, 1.54) is 25.9 Å². The molecule has 0 unspecified atom stereocenters. The van der Waals surface area contributed by atoms with E-state index in [4.69, 9.17) is 0 Å². The van der Waals surface area contributed by atoms with E-state index in [1.807, 2.05) is 29.9 Å². The largest absolute Gasteiger partial charge is 0.343 e. The molecule has 3 aliphatic rings. The van der Waals surface area contributed by atoms with Crippen LogP contribution < -0.4 is 5.56 Å². The third-order valence-corrected chi connectivity index (χ3v) is 5.97. The van der Waals surface area contributed by atoms with Gasteiger partial charge in [0.25, 0.3) is 5.56 Å². The lowest BCUT2D eigenvalue weighted by Gasteiger charge is -2.45. The van der Waals surface area contributed by atoms with Crippen LogP contribution in [-0.4, -0.2) is 33.7 Å². The van der Waals surface area contributed by atoms with E-state index in [1.54, 1.807) is 0 Å².